The van der Waals surface area contributed by atoms with E-state index in [2.05, 4.69) is 0 Å². The Morgan fingerprint density at radius 1 is 1.08 bits per heavy atom. The Bertz CT molecular complexity index is 238. The molecule has 3 nitrogen and oxygen atoms in total. The first-order chi connectivity index (χ1) is 5.54. The molecule has 0 fully saturated rings. The SMILES string of the molecule is Clc1ccccc1Cl.O=C(O)O. The first kappa shape index (κ1) is 11.1. The zero-order chi connectivity index (χ0) is 9.56. The third kappa shape index (κ3) is 5.82. The summed E-state index contributed by atoms with van der Waals surface area (Å²) < 4.78 is 0. The zero-order valence-electron chi connectivity index (χ0n) is 5.87. The summed E-state index contributed by atoms with van der Waals surface area (Å²) in [5.74, 6) is 0. The minimum absolute atomic E-state index is 0.606. The van der Waals surface area contributed by atoms with Gasteiger partial charge < -0.3 is 10.2 Å². The molecule has 0 aliphatic heterocycles. The Kier molecular flexibility index (Phi) is 5.25. The van der Waals surface area contributed by atoms with E-state index >= 15 is 0 Å². The van der Waals surface area contributed by atoms with Gasteiger partial charge in [0.15, 0.2) is 0 Å². The number of benzene rings is 1. The second kappa shape index (κ2) is 5.69. The van der Waals surface area contributed by atoms with Crippen LogP contribution >= 0.6 is 23.2 Å². The monoisotopic (exact) mass is 208 g/mol. The smallest absolute Gasteiger partial charge is 0.450 e. The predicted octanol–water partition coefficient (Wildman–Crippen LogP) is 3.22. The van der Waals surface area contributed by atoms with Crippen LogP contribution in [0.2, 0.25) is 10.0 Å². The van der Waals surface area contributed by atoms with Gasteiger partial charge in [-0.15, -0.1) is 0 Å². The molecule has 1 aromatic carbocycles. The summed E-state index contributed by atoms with van der Waals surface area (Å²) in [4.78, 5) is 8.56. The van der Waals surface area contributed by atoms with Crippen LogP contribution in [0.25, 0.3) is 0 Å². The van der Waals surface area contributed by atoms with Crippen molar-refractivity contribution in [3.05, 3.63) is 34.3 Å². The van der Waals surface area contributed by atoms with Crippen LogP contribution < -0.4 is 0 Å². The van der Waals surface area contributed by atoms with Crippen LogP contribution in [0.3, 0.4) is 0 Å². The molecule has 0 aromatic heterocycles. The Labute approximate surface area is 79.2 Å². The highest BCUT2D eigenvalue weighted by Gasteiger charge is 1.89. The minimum Gasteiger partial charge on any atom is -0.450 e. The average Bonchev–Trinajstić information content (AvgIpc) is 1.94. The van der Waals surface area contributed by atoms with Gasteiger partial charge in [0.1, 0.15) is 0 Å². The summed E-state index contributed by atoms with van der Waals surface area (Å²) in [5.41, 5.74) is 0. The molecule has 1 aromatic rings. The van der Waals surface area contributed by atoms with Crippen LogP contribution in [-0.4, -0.2) is 16.4 Å². The van der Waals surface area contributed by atoms with E-state index in [9.17, 15) is 0 Å². The minimum atomic E-state index is -1.83. The maximum absolute atomic E-state index is 8.56. The summed E-state index contributed by atoms with van der Waals surface area (Å²) in [6.07, 6.45) is -1.83. The van der Waals surface area contributed by atoms with Gasteiger partial charge in [0.05, 0.1) is 10.0 Å². The van der Waals surface area contributed by atoms with E-state index in [1.54, 1.807) is 12.1 Å². The van der Waals surface area contributed by atoms with Crippen molar-refractivity contribution in [2.45, 2.75) is 0 Å². The lowest BCUT2D eigenvalue weighted by Gasteiger charge is -1.88. The number of carbonyl (C=O) groups is 1. The Morgan fingerprint density at radius 2 is 1.33 bits per heavy atom. The number of carboxylic acid groups (broad SMARTS) is 2. The maximum Gasteiger partial charge on any atom is 0.503 e. The van der Waals surface area contributed by atoms with Crippen LogP contribution in [0.15, 0.2) is 24.3 Å². The van der Waals surface area contributed by atoms with Crippen molar-refractivity contribution in [3.63, 3.8) is 0 Å². The molecule has 0 spiro atoms. The highest BCUT2D eigenvalue weighted by Crippen LogP contribution is 2.19. The highest BCUT2D eigenvalue weighted by molar-refractivity contribution is 6.41. The molecule has 0 atom stereocenters. The third-order valence-corrected chi connectivity index (χ3v) is 1.58. The van der Waals surface area contributed by atoms with Crippen LogP contribution in [0, 0.1) is 0 Å². The molecule has 0 radical (unpaired) electrons. The second-order valence-electron chi connectivity index (χ2n) is 1.70. The molecule has 0 unspecified atom stereocenters. The highest BCUT2D eigenvalue weighted by atomic mass is 35.5. The van der Waals surface area contributed by atoms with Gasteiger partial charge in [0, 0.05) is 0 Å². The van der Waals surface area contributed by atoms with Crippen LogP contribution in [0.5, 0.6) is 0 Å². The predicted molar refractivity (Wildman–Crippen MR) is 47.1 cm³/mol. The van der Waals surface area contributed by atoms with E-state index in [4.69, 9.17) is 38.2 Å². The van der Waals surface area contributed by atoms with E-state index in [1.165, 1.54) is 0 Å². The number of halogens is 2. The molecule has 0 saturated carbocycles. The van der Waals surface area contributed by atoms with Crippen molar-refractivity contribution in [2.24, 2.45) is 0 Å². The van der Waals surface area contributed by atoms with Crippen molar-refractivity contribution >= 4 is 29.4 Å². The number of rotatable bonds is 0. The lowest BCUT2D eigenvalue weighted by Crippen LogP contribution is -1.81. The summed E-state index contributed by atoms with van der Waals surface area (Å²) >= 11 is 11.2. The van der Waals surface area contributed by atoms with Crippen LogP contribution in [0.1, 0.15) is 0 Å². The lowest BCUT2D eigenvalue weighted by molar-refractivity contribution is 0.137. The fraction of sp³-hybridized carbons (Fsp3) is 0. The van der Waals surface area contributed by atoms with Gasteiger partial charge in [-0.2, -0.15) is 0 Å². The Morgan fingerprint density at radius 3 is 1.50 bits per heavy atom. The Balaban J connectivity index is 0.000000261. The number of hydrogen-bond donors (Lipinski definition) is 2. The van der Waals surface area contributed by atoms with Gasteiger partial charge in [-0.25, -0.2) is 4.79 Å². The third-order valence-electron chi connectivity index (χ3n) is 0.824. The van der Waals surface area contributed by atoms with Gasteiger partial charge in [-0.3, -0.25) is 0 Å². The standard InChI is InChI=1S/C6H4Cl2.CH2O3/c7-5-3-1-2-4-6(5)8;2-1(3)4/h1-4H;(H2,2,3,4). The molecule has 0 heterocycles. The van der Waals surface area contributed by atoms with Crippen molar-refractivity contribution < 1.29 is 15.0 Å². The molecule has 12 heavy (non-hydrogen) atoms. The van der Waals surface area contributed by atoms with Crippen molar-refractivity contribution in [1.29, 1.82) is 0 Å². The summed E-state index contributed by atoms with van der Waals surface area (Å²) in [6.45, 7) is 0. The Hall–Kier alpha value is -0.930. The van der Waals surface area contributed by atoms with E-state index in [1.807, 2.05) is 12.1 Å². The van der Waals surface area contributed by atoms with Gasteiger partial charge in [-0.05, 0) is 12.1 Å². The van der Waals surface area contributed by atoms with Gasteiger partial charge in [-0.1, -0.05) is 35.3 Å². The molecule has 0 aliphatic carbocycles. The maximum atomic E-state index is 8.56. The van der Waals surface area contributed by atoms with E-state index in [-0.39, 0.29) is 0 Å². The number of hydrogen-bond acceptors (Lipinski definition) is 1. The quantitative estimate of drug-likeness (QED) is 0.689. The average molecular weight is 209 g/mol. The molecule has 66 valence electrons. The topological polar surface area (TPSA) is 57.5 Å². The summed E-state index contributed by atoms with van der Waals surface area (Å²) in [7, 11) is 0. The van der Waals surface area contributed by atoms with Crippen molar-refractivity contribution in [2.75, 3.05) is 0 Å². The largest absolute Gasteiger partial charge is 0.503 e. The molecular formula is C7H6Cl2O3. The van der Waals surface area contributed by atoms with Crippen LogP contribution in [-0.2, 0) is 0 Å². The molecule has 1 rings (SSSR count). The van der Waals surface area contributed by atoms with E-state index in [0.717, 1.165) is 0 Å². The van der Waals surface area contributed by atoms with E-state index in [0.29, 0.717) is 10.0 Å². The zero-order valence-corrected chi connectivity index (χ0v) is 7.38. The molecule has 0 amide bonds. The van der Waals surface area contributed by atoms with Crippen LogP contribution in [0.4, 0.5) is 4.79 Å². The first-order valence-corrected chi connectivity index (χ1v) is 3.61. The van der Waals surface area contributed by atoms with Gasteiger partial charge in [0.25, 0.3) is 0 Å². The lowest BCUT2D eigenvalue weighted by atomic mass is 10.4. The fourth-order valence-corrected chi connectivity index (χ4v) is 0.711. The van der Waals surface area contributed by atoms with Gasteiger partial charge >= 0.3 is 6.16 Å². The molecule has 0 saturated heterocycles. The molecular weight excluding hydrogens is 203 g/mol. The summed E-state index contributed by atoms with van der Waals surface area (Å²) in [5, 5.41) is 15.2. The second-order valence-corrected chi connectivity index (χ2v) is 2.51. The molecule has 0 aliphatic rings. The molecule has 5 heteroatoms. The van der Waals surface area contributed by atoms with Crippen molar-refractivity contribution in [3.8, 4) is 0 Å². The summed E-state index contributed by atoms with van der Waals surface area (Å²) in [6, 6.07) is 7.19. The first-order valence-electron chi connectivity index (χ1n) is 2.86. The van der Waals surface area contributed by atoms with Crippen molar-refractivity contribution in [1.82, 2.24) is 0 Å². The molecule has 0 bridgehead atoms. The fourth-order valence-electron chi connectivity index (χ4n) is 0.439. The van der Waals surface area contributed by atoms with E-state index < -0.39 is 6.16 Å². The molecule has 2 N–H and O–H groups in total. The van der Waals surface area contributed by atoms with Gasteiger partial charge in [0.2, 0.25) is 0 Å². The normalized spacial score (nSPS) is 8.17.